The van der Waals surface area contributed by atoms with Crippen molar-refractivity contribution >= 4 is 69.3 Å². The molecular formula is C59H45BN2. The Morgan fingerprint density at radius 3 is 1.82 bits per heavy atom. The number of para-hydroxylation sites is 2. The summed E-state index contributed by atoms with van der Waals surface area (Å²) < 4.78 is 0. The molecule has 1 unspecified atom stereocenters. The highest BCUT2D eigenvalue weighted by Crippen LogP contribution is 2.55. The van der Waals surface area contributed by atoms with Gasteiger partial charge >= 0.3 is 0 Å². The molecule has 2 heterocycles. The number of hydrogen-bond donors (Lipinski definition) is 0. The maximum atomic E-state index is 2.50. The van der Waals surface area contributed by atoms with Crippen LogP contribution in [0.4, 0.5) is 28.4 Å². The van der Waals surface area contributed by atoms with Gasteiger partial charge in [-0.3, -0.25) is 0 Å². The molecule has 0 spiro atoms. The Hall–Kier alpha value is -7.36. The summed E-state index contributed by atoms with van der Waals surface area (Å²) in [5.74, 6) is 0.296. The number of fused-ring (bicyclic) bond motifs is 8. The molecule has 0 N–H and O–H groups in total. The summed E-state index contributed by atoms with van der Waals surface area (Å²) in [6, 6.07) is 71.9. The Kier molecular flexibility index (Phi) is 8.47. The third-order valence-electron chi connectivity index (χ3n) is 13.9. The molecule has 62 heavy (non-hydrogen) atoms. The molecule has 0 fully saturated rings. The molecule has 2 nitrogen and oxygen atoms in total. The standard InChI is InChI=1S/C59H45BN2/c1-59(2)53-24-14-12-22-49(53)51-39-58-43(38-54(51)59)27-26-42-36-40(41-29-35-57-52(37-41)50-23-13-15-25-56(50)62(57)47-20-10-5-11-21-47)28-34-55(42)61(58)48-32-30-46(31-33-48)60(44-16-6-3-7-17-44)45-18-8-4-9-19-45/h3-36,38-39,52H,37H2,1-2H3. The first-order valence-corrected chi connectivity index (χ1v) is 22.0. The second-order valence-electron chi connectivity index (χ2n) is 17.7. The molecule has 0 saturated heterocycles. The van der Waals surface area contributed by atoms with E-state index in [0.717, 1.165) is 12.1 Å². The fraction of sp³-hybridized carbons (Fsp3) is 0.0847. The van der Waals surface area contributed by atoms with Crippen molar-refractivity contribution in [3.63, 3.8) is 0 Å². The molecule has 294 valence electrons. The molecular weight excluding hydrogens is 747 g/mol. The van der Waals surface area contributed by atoms with Crippen molar-refractivity contribution in [3.05, 3.63) is 245 Å². The highest BCUT2D eigenvalue weighted by molar-refractivity contribution is 6.95. The van der Waals surface area contributed by atoms with E-state index in [2.05, 4.69) is 242 Å². The Labute approximate surface area is 365 Å². The Morgan fingerprint density at radius 1 is 0.468 bits per heavy atom. The average Bonchev–Trinajstić information content (AvgIpc) is 3.70. The van der Waals surface area contributed by atoms with E-state index < -0.39 is 0 Å². The minimum atomic E-state index is -0.0910. The van der Waals surface area contributed by atoms with Crippen LogP contribution in [0.25, 0.3) is 28.9 Å². The Bertz CT molecular complexity index is 3080. The monoisotopic (exact) mass is 792 g/mol. The molecule has 12 rings (SSSR count). The number of nitrogens with zero attached hydrogens (tertiary/aromatic N) is 2. The van der Waals surface area contributed by atoms with E-state index in [9.17, 15) is 0 Å². The lowest BCUT2D eigenvalue weighted by Crippen LogP contribution is -2.51. The molecule has 1 atom stereocenters. The van der Waals surface area contributed by atoms with Crippen molar-refractivity contribution in [2.75, 3.05) is 9.80 Å². The smallest absolute Gasteiger partial charge is 0.241 e. The Balaban J connectivity index is 0.980. The number of allylic oxidation sites excluding steroid dienone is 4. The van der Waals surface area contributed by atoms with Crippen molar-refractivity contribution < 1.29 is 0 Å². The second kappa shape index (κ2) is 14.4. The highest BCUT2D eigenvalue weighted by atomic mass is 15.2. The van der Waals surface area contributed by atoms with Gasteiger partial charge in [0.25, 0.3) is 0 Å². The first kappa shape index (κ1) is 36.5. The van der Waals surface area contributed by atoms with Crippen LogP contribution >= 0.6 is 0 Å². The van der Waals surface area contributed by atoms with Crippen LogP contribution in [0.2, 0.25) is 0 Å². The van der Waals surface area contributed by atoms with Crippen molar-refractivity contribution in [2.24, 2.45) is 0 Å². The largest absolute Gasteiger partial charge is 0.313 e. The van der Waals surface area contributed by atoms with Gasteiger partial charge in [0.2, 0.25) is 6.71 Å². The highest BCUT2D eigenvalue weighted by Gasteiger charge is 2.38. The molecule has 8 aromatic carbocycles. The van der Waals surface area contributed by atoms with Gasteiger partial charge < -0.3 is 9.80 Å². The number of benzene rings is 8. The molecule has 0 radical (unpaired) electrons. The van der Waals surface area contributed by atoms with E-state index >= 15 is 0 Å². The summed E-state index contributed by atoms with van der Waals surface area (Å²) in [5, 5.41) is 0. The zero-order valence-corrected chi connectivity index (χ0v) is 35.0. The van der Waals surface area contributed by atoms with Gasteiger partial charge in [-0.15, -0.1) is 0 Å². The van der Waals surface area contributed by atoms with E-state index in [1.54, 1.807) is 0 Å². The zero-order valence-electron chi connectivity index (χ0n) is 35.0. The van der Waals surface area contributed by atoms with Gasteiger partial charge in [0.05, 0.1) is 11.4 Å². The van der Waals surface area contributed by atoms with Crippen molar-refractivity contribution in [3.8, 4) is 11.1 Å². The topological polar surface area (TPSA) is 6.48 Å². The number of anilines is 5. The van der Waals surface area contributed by atoms with Gasteiger partial charge in [-0.2, -0.15) is 0 Å². The van der Waals surface area contributed by atoms with Crippen LogP contribution in [0.1, 0.15) is 59.6 Å². The fourth-order valence-corrected chi connectivity index (χ4v) is 10.8. The Morgan fingerprint density at radius 2 is 1.08 bits per heavy atom. The predicted octanol–water partition coefficient (Wildman–Crippen LogP) is 13.1. The molecule has 2 aliphatic heterocycles. The van der Waals surface area contributed by atoms with E-state index in [1.165, 1.54) is 94.9 Å². The summed E-state index contributed by atoms with van der Waals surface area (Å²) >= 11 is 0. The van der Waals surface area contributed by atoms with E-state index in [1.807, 2.05) is 0 Å². The van der Waals surface area contributed by atoms with Crippen molar-refractivity contribution in [1.29, 1.82) is 0 Å². The third-order valence-corrected chi connectivity index (χ3v) is 13.9. The van der Waals surface area contributed by atoms with Crippen molar-refractivity contribution in [1.82, 2.24) is 0 Å². The molecule has 0 bridgehead atoms. The van der Waals surface area contributed by atoms with Crippen LogP contribution < -0.4 is 26.2 Å². The molecule has 0 aromatic heterocycles. The fourth-order valence-electron chi connectivity index (χ4n) is 10.8. The van der Waals surface area contributed by atoms with E-state index in [0.29, 0.717) is 5.92 Å². The SMILES string of the molecule is CC1(C)c2ccccc2-c2cc3c(cc21)C=Cc1cc(C2=CC=C4C(C2)c2ccccc2N4c2ccccc2)ccc1N3c1ccc(B(c2ccccc2)c2ccccc2)cc1. The van der Waals surface area contributed by atoms with E-state index in [4.69, 9.17) is 0 Å². The van der Waals surface area contributed by atoms with Crippen LogP contribution in [-0.2, 0) is 5.41 Å². The minimum absolute atomic E-state index is 0.0910. The lowest BCUT2D eigenvalue weighted by molar-refractivity contribution is 0.660. The third kappa shape index (κ3) is 5.80. The molecule has 0 saturated carbocycles. The maximum Gasteiger partial charge on any atom is 0.241 e. The van der Waals surface area contributed by atoms with Crippen molar-refractivity contribution in [2.45, 2.75) is 31.6 Å². The molecule has 0 amide bonds. The van der Waals surface area contributed by atoms with E-state index in [-0.39, 0.29) is 12.1 Å². The molecule has 8 aromatic rings. The average molecular weight is 793 g/mol. The van der Waals surface area contributed by atoms with Gasteiger partial charge in [-0.1, -0.05) is 188 Å². The van der Waals surface area contributed by atoms with Gasteiger partial charge in [0.15, 0.2) is 0 Å². The van der Waals surface area contributed by atoms with Gasteiger partial charge in [-0.25, -0.2) is 0 Å². The van der Waals surface area contributed by atoms with Crippen LogP contribution in [0.15, 0.2) is 212 Å². The lowest BCUT2D eigenvalue weighted by atomic mass is 9.37. The summed E-state index contributed by atoms with van der Waals surface area (Å²) in [6.45, 7) is 4.88. The molecule has 3 heteroatoms. The van der Waals surface area contributed by atoms with Crippen LogP contribution in [0, 0.1) is 0 Å². The summed E-state index contributed by atoms with van der Waals surface area (Å²) in [7, 11) is 0. The normalized spacial score (nSPS) is 16.2. The van der Waals surface area contributed by atoms with Crippen LogP contribution in [0.5, 0.6) is 0 Å². The zero-order chi connectivity index (χ0) is 41.4. The molecule has 2 aliphatic carbocycles. The van der Waals surface area contributed by atoms with Crippen LogP contribution in [-0.4, -0.2) is 6.71 Å². The maximum absolute atomic E-state index is 2.50. The predicted molar refractivity (Wildman–Crippen MR) is 264 cm³/mol. The van der Waals surface area contributed by atoms with Gasteiger partial charge in [0.1, 0.15) is 0 Å². The summed E-state index contributed by atoms with van der Waals surface area (Å²) in [5.41, 5.74) is 23.0. The number of rotatable bonds is 6. The summed E-state index contributed by atoms with van der Waals surface area (Å²) in [6.07, 6.45) is 10.4. The lowest BCUT2D eigenvalue weighted by Gasteiger charge is -2.30. The summed E-state index contributed by atoms with van der Waals surface area (Å²) in [4.78, 5) is 4.96. The first-order valence-electron chi connectivity index (χ1n) is 22.0. The number of hydrogen-bond acceptors (Lipinski definition) is 2. The van der Waals surface area contributed by atoms with Crippen LogP contribution in [0.3, 0.4) is 0 Å². The second-order valence-corrected chi connectivity index (χ2v) is 17.7. The first-order chi connectivity index (χ1) is 30.5. The quantitative estimate of drug-likeness (QED) is 0.155. The van der Waals surface area contributed by atoms with Gasteiger partial charge in [0, 0.05) is 34.1 Å². The van der Waals surface area contributed by atoms with Gasteiger partial charge in [-0.05, 0) is 117 Å². The molecule has 4 aliphatic rings. The minimum Gasteiger partial charge on any atom is -0.313 e.